The van der Waals surface area contributed by atoms with E-state index in [9.17, 15) is 13.2 Å². The van der Waals surface area contributed by atoms with Gasteiger partial charge in [0.1, 0.15) is 0 Å². The summed E-state index contributed by atoms with van der Waals surface area (Å²) >= 11 is 1.43. The van der Waals surface area contributed by atoms with Crippen LogP contribution in [0.25, 0.3) is 11.1 Å². The number of thiophene rings is 1. The van der Waals surface area contributed by atoms with E-state index in [2.05, 4.69) is 15.2 Å². The van der Waals surface area contributed by atoms with Crippen molar-refractivity contribution in [2.24, 2.45) is 0 Å². The predicted octanol–water partition coefficient (Wildman–Crippen LogP) is 1.56. The van der Waals surface area contributed by atoms with E-state index in [0.29, 0.717) is 24.5 Å². The Morgan fingerprint density at radius 3 is 2.81 bits per heavy atom. The van der Waals surface area contributed by atoms with Crippen LogP contribution in [-0.4, -0.2) is 63.2 Å². The van der Waals surface area contributed by atoms with Crippen LogP contribution in [0.5, 0.6) is 0 Å². The SMILES string of the molecule is O=C(NC1CCS(=O)(=O)C1)c1cc(-c2cccnc2)c(N2CCOCC2)s1. The highest BCUT2D eigenvalue weighted by Crippen LogP contribution is 2.39. The van der Waals surface area contributed by atoms with Crippen molar-refractivity contribution in [1.82, 2.24) is 10.3 Å². The van der Waals surface area contributed by atoms with Gasteiger partial charge in [-0.3, -0.25) is 9.78 Å². The molecule has 2 aliphatic heterocycles. The number of sulfone groups is 1. The van der Waals surface area contributed by atoms with Crippen molar-refractivity contribution in [3.63, 3.8) is 0 Å². The molecule has 1 amide bonds. The van der Waals surface area contributed by atoms with Crippen LogP contribution in [0.4, 0.5) is 5.00 Å². The lowest BCUT2D eigenvalue weighted by Gasteiger charge is -2.28. The molecule has 4 rings (SSSR count). The molecule has 1 unspecified atom stereocenters. The molecule has 2 aromatic heterocycles. The Kier molecular flexibility index (Phi) is 5.16. The van der Waals surface area contributed by atoms with Gasteiger partial charge in [0.2, 0.25) is 0 Å². The summed E-state index contributed by atoms with van der Waals surface area (Å²) in [5, 5.41) is 3.90. The number of hydrogen-bond acceptors (Lipinski definition) is 7. The highest BCUT2D eigenvalue weighted by atomic mass is 32.2. The fraction of sp³-hybridized carbons (Fsp3) is 0.444. The Bertz CT molecular complexity index is 921. The van der Waals surface area contributed by atoms with Crippen molar-refractivity contribution in [1.29, 1.82) is 0 Å². The van der Waals surface area contributed by atoms with E-state index in [1.54, 1.807) is 12.4 Å². The van der Waals surface area contributed by atoms with Crippen molar-refractivity contribution in [2.45, 2.75) is 12.5 Å². The van der Waals surface area contributed by atoms with Crippen LogP contribution in [0.2, 0.25) is 0 Å². The smallest absolute Gasteiger partial charge is 0.261 e. The normalized spacial score (nSPS) is 21.9. The number of carbonyl (C=O) groups is 1. The van der Waals surface area contributed by atoms with Crippen molar-refractivity contribution in [3.8, 4) is 11.1 Å². The van der Waals surface area contributed by atoms with Crippen LogP contribution in [0, 0.1) is 0 Å². The van der Waals surface area contributed by atoms with Crippen LogP contribution in [0.1, 0.15) is 16.1 Å². The first-order chi connectivity index (χ1) is 13.0. The number of nitrogens with zero attached hydrogens (tertiary/aromatic N) is 2. The summed E-state index contributed by atoms with van der Waals surface area (Å²) < 4.78 is 28.7. The second-order valence-corrected chi connectivity index (χ2v) is 10.0. The Morgan fingerprint density at radius 1 is 1.33 bits per heavy atom. The van der Waals surface area contributed by atoms with Gasteiger partial charge in [-0.1, -0.05) is 6.07 Å². The molecule has 2 aromatic rings. The predicted molar refractivity (Wildman–Crippen MR) is 105 cm³/mol. The standard InChI is InChI=1S/C18H21N3O4S2/c22-17(20-14-3-9-27(23,24)12-14)16-10-15(13-2-1-4-19-11-13)18(26-16)21-5-7-25-8-6-21/h1-2,4,10-11,14H,3,5-9,12H2,(H,20,22). The molecule has 9 heteroatoms. The molecule has 0 bridgehead atoms. The summed E-state index contributed by atoms with van der Waals surface area (Å²) in [6.07, 6.45) is 3.99. The van der Waals surface area contributed by atoms with E-state index in [0.717, 1.165) is 29.2 Å². The van der Waals surface area contributed by atoms with Crippen molar-refractivity contribution in [2.75, 3.05) is 42.7 Å². The fourth-order valence-corrected chi connectivity index (χ4v) is 6.20. The molecule has 0 aromatic carbocycles. The van der Waals surface area contributed by atoms with Gasteiger partial charge in [-0.05, 0) is 18.6 Å². The Balaban J connectivity index is 1.61. The first kappa shape index (κ1) is 18.4. The summed E-state index contributed by atoms with van der Waals surface area (Å²) in [5.41, 5.74) is 1.93. The number of morpholine rings is 1. The summed E-state index contributed by atoms with van der Waals surface area (Å²) in [5.74, 6) is -0.0510. The highest BCUT2D eigenvalue weighted by molar-refractivity contribution is 7.91. The second-order valence-electron chi connectivity index (χ2n) is 6.74. The van der Waals surface area contributed by atoms with Gasteiger partial charge in [0.15, 0.2) is 9.84 Å². The maximum Gasteiger partial charge on any atom is 0.261 e. The van der Waals surface area contributed by atoms with Gasteiger partial charge in [-0.2, -0.15) is 0 Å². The zero-order valence-corrected chi connectivity index (χ0v) is 16.4. The molecule has 0 saturated carbocycles. The fourth-order valence-electron chi connectivity index (χ4n) is 3.39. The lowest BCUT2D eigenvalue weighted by atomic mass is 10.1. The summed E-state index contributed by atoms with van der Waals surface area (Å²) in [6.45, 7) is 2.86. The van der Waals surface area contributed by atoms with E-state index in [4.69, 9.17) is 4.74 Å². The number of pyridine rings is 1. The van der Waals surface area contributed by atoms with E-state index < -0.39 is 9.84 Å². The second kappa shape index (κ2) is 7.57. The third-order valence-corrected chi connectivity index (χ3v) is 7.74. The largest absolute Gasteiger partial charge is 0.378 e. The first-order valence-electron chi connectivity index (χ1n) is 8.90. The number of carbonyl (C=O) groups excluding carboxylic acids is 1. The van der Waals surface area contributed by atoms with E-state index in [-0.39, 0.29) is 23.5 Å². The topological polar surface area (TPSA) is 88.6 Å². The number of rotatable bonds is 4. The van der Waals surface area contributed by atoms with Gasteiger partial charge in [0.25, 0.3) is 5.91 Å². The van der Waals surface area contributed by atoms with Crippen LogP contribution in [0.3, 0.4) is 0 Å². The first-order valence-corrected chi connectivity index (χ1v) is 11.5. The van der Waals surface area contributed by atoms with Gasteiger partial charge in [0.05, 0.1) is 34.6 Å². The molecule has 1 N–H and O–H groups in total. The van der Waals surface area contributed by atoms with Crippen molar-refractivity contribution >= 4 is 32.1 Å². The number of aromatic nitrogens is 1. The quantitative estimate of drug-likeness (QED) is 0.828. The molecular formula is C18H21N3O4S2. The van der Waals surface area contributed by atoms with Gasteiger partial charge >= 0.3 is 0 Å². The Labute approximate surface area is 162 Å². The Hall–Kier alpha value is -1.97. The van der Waals surface area contributed by atoms with Crippen LogP contribution in [-0.2, 0) is 14.6 Å². The van der Waals surface area contributed by atoms with Crippen LogP contribution >= 0.6 is 11.3 Å². The molecule has 0 radical (unpaired) electrons. The Morgan fingerprint density at radius 2 is 2.15 bits per heavy atom. The molecule has 2 saturated heterocycles. The van der Waals surface area contributed by atoms with Gasteiger partial charge in [0, 0.05) is 42.7 Å². The molecule has 27 heavy (non-hydrogen) atoms. The number of ether oxygens (including phenoxy) is 1. The van der Waals surface area contributed by atoms with Crippen LogP contribution < -0.4 is 10.2 Å². The lowest BCUT2D eigenvalue weighted by molar-refractivity contribution is 0.0945. The summed E-state index contributed by atoms with van der Waals surface area (Å²) in [4.78, 5) is 19.7. The van der Waals surface area contributed by atoms with Crippen LogP contribution in [0.15, 0.2) is 30.6 Å². The van der Waals surface area contributed by atoms with E-state index in [1.807, 2.05) is 18.2 Å². The third kappa shape index (κ3) is 4.15. The van der Waals surface area contributed by atoms with Crippen molar-refractivity contribution < 1.29 is 17.9 Å². The third-order valence-electron chi connectivity index (χ3n) is 4.77. The summed E-state index contributed by atoms with van der Waals surface area (Å²) in [7, 11) is -3.03. The lowest BCUT2D eigenvalue weighted by Crippen LogP contribution is -2.36. The molecule has 7 nitrogen and oxygen atoms in total. The van der Waals surface area contributed by atoms with E-state index >= 15 is 0 Å². The highest BCUT2D eigenvalue weighted by Gasteiger charge is 2.30. The minimum atomic E-state index is -3.03. The number of amides is 1. The molecule has 144 valence electrons. The van der Waals surface area contributed by atoms with Crippen molar-refractivity contribution in [3.05, 3.63) is 35.5 Å². The minimum absolute atomic E-state index is 0.0237. The van der Waals surface area contributed by atoms with Gasteiger partial charge in [-0.25, -0.2) is 8.42 Å². The molecule has 4 heterocycles. The number of anilines is 1. The molecule has 1 atom stereocenters. The monoisotopic (exact) mass is 407 g/mol. The number of hydrogen-bond donors (Lipinski definition) is 1. The molecule has 0 spiro atoms. The average molecular weight is 408 g/mol. The van der Waals surface area contributed by atoms with Gasteiger partial charge < -0.3 is 15.0 Å². The maximum atomic E-state index is 12.7. The molecule has 2 aliphatic rings. The zero-order chi connectivity index (χ0) is 18.9. The average Bonchev–Trinajstić information content (AvgIpc) is 3.27. The minimum Gasteiger partial charge on any atom is -0.378 e. The molecular weight excluding hydrogens is 386 g/mol. The maximum absolute atomic E-state index is 12.7. The molecule has 2 fully saturated rings. The molecule has 0 aliphatic carbocycles. The van der Waals surface area contributed by atoms with Gasteiger partial charge in [-0.15, -0.1) is 11.3 Å². The summed E-state index contributed by atoms with van der Waals surface area (Å²) in [6, 6.07) is 5.42. The number of nitrogens with one attached hydrogen (secondary N) is 1. The van der Waals surface area contributed by atoms with E-state index in [1.165, 1.54) is 11.3 Å². The zero-order valence-electron chi connectivity index (χ0n) is 14.8.